The van der Waals surface area contributed by atoms with Crippen molar-refractivity contribution in [3.63, 3.8) is 0 Å². The molecule has 0 radical (unpaired) electrons. The number of hydrogen-bond donors (Lipinski definition) is 0. The van der Waals surface area contributed by atoms with Crippen molar-refractivity contribution >= 4 is 22.5 Å². The van der Waals surface area contributed by atoms with Crippen molar-refractivity contribution in [3.8, 4) is 0 Å². The molecule has 0 fully saturated rings. The molecule has 0 amide bonds. The van der Waals surface area contributed by atoms with Crippen LogP contribution in [0.15, 0.2) is 0 Å². The molecule has 7 heavy (non-hydrogen) atoms. The van der Waals surface area contributed by atoms with Gasteiger partial charge in [0.05, 0.1) is 10.1 Å². The minimum Gasteiger partial charge on any atom is -0.748 e. The first-order valence-electron chi connectivity index (χ1n) is 0.908. The molecule has 0 saturated carbocycles. The zero-order chi connectivity index (χ0) is 4.50. The van der Waals surface area contributed by atoms with Crippen LogP contribution in [0, 0.1) is 0 Å². The molecule has 0 spiro atoms. The molecular weight excluding hydrogens is 151 g/mol. The predicted octanol–water partition coefficient (Wildman–Crippen LogP) is -3.41. The first-order chi connectivity index (χ1) is 2.00. The van der Waals surface area contributed by atoms with E-state index in [1.807, 2.05) is 0 Å². The smallest absolute Gasteiger partial charge is 0.748 e. The van der Waals surface area contributed by atoms with Crippen molar-refractivity contribution in [1.29, 1.82) is 0 Å². The molecule has 0 aromatic heterocycles. The van der Waals surface area contributed by atoms with Crippen LogP contribution >= 0.6 is 12.4 Å². The van der Waals surface area contributed by atoms with Crippen LogP contribution in [0.1, 0.15) is 0 Å². The van der Waals surface area contributed by atoms with Gasteiger partial charge in [0.25, 0.3) is 0 Å². The summed E-state index contributed by atoms with van der Waals surface area (Å²) in [4.78, 5) is 0. The van der Waals surface area contributed by atoms with Gasteiger partial charge in [-0.2, -0.15) is 0 Å². The Morgan fingerprint density at radius 3 is 1.43 bits per heavy atom. The molecule has 0 aliphatic heterocycles. The van der Waals surface area contributed by atoms with Crippen LogP contribution in [0.5, 0.6) is 0 Å². The van der Waals surface area contributed by atoms with E-state index in [0.717, 1.165) is 0 Å². The van der Waals surface area contributed by atoms with Gasteiger partial charge in [-0.15, -0.1) is 12.4 Å². The average molecular weight is 155 g/mol. The molecule has 0 N–H and O–H groups in total. The van der Waals surface area contributed by atoms with Crippen LogP contribution in [0.3, 0.4) is 0 Å². The third-order valence-electron chi connectivity index (χ3n) is 0. The molecule has 40 valence electrons. The second-order valence-electron chi connectivity index (χ2n) is 0.704. The van der Waals surface area contributed by atoms with E-state index in [9.17, 15) is 0 Å². The summed E-state index contributed by atoms with van der Waals surface area (Å²) in [6.07, 6.45) is 0.604. The van der Waals surface area contributed by atoms with Crippen molar-refractivity contribution in [2.75, 3.05) is 6.26 Å². The third-order valence-corrected chi connectivity index (χ3v) is 0. The largest absolute Gasteiger partial charge is 1.00 e. The van der Waals surface area contributed by atoms with Gasteiger partial charge in [0.2, 0.25) is 0 Å². The van der Waals surface area contributed by atoms with Gasteiger partial charge in [0, 0.05) is 6.26 Å². The van der Waals surface area contributed by atoms with Crippen LogP contribution < -0.4 is 29.6 Å². The quantitative estimate of drug-likeness (QED) is 0.270. The maximum atomic E-state index is 9.08. The Morgan fingerprint density at radius 2 is 1.43 bits per heavy atom. The molecule has 0 aromatic rings. The molecule has 0 heterocycles. The van der Waals surface area contributed by atoms with Gasteiger partial charge in [0.1, 0.15) is 0 Å². The minimum atomic E-state index is -3.92. The van der Waals surface area contributed by atoms with E-state index in [2.05, 4.69) is 0 Å². The average Bonchev–Trinajstić information content (AvgIpc) is 0.722. The van der Waals surface area contributed by atoms with E-state index in [1.165, 1.54) is 0 Å². The third kappa shape index (κ3) is 135. The topological polar surface area (TPSA) is 57.2 Å². The summed E-state index contributed by atoms with van der Waals surface area (Å²) in [7, 11) is -3.92. The van der Waals surface area contributed by atoms with Crippen molar-refractivity contribution in [2.45, 2.75) is 0 Å². The van der Waals surface area contributed by atoms with Gasteiger partial charge in [-0.05, 0) is 0 Å². The van der Waals surface area contributed by atoms with Crippen LogP contribution in [0.2, 0.25) is 0 Å². The summed E-state index contributed by atoms with van der Waals surface area (Å²) < 4.78 is 27.2. The van der Waals surface area contributed by atoms with Gasteiger partial charge >= 0.3 is 29.6 Å². The van der Waals surface area contributed by atoms with Crippen molar-refractivity contribution < 1.29 is 42.5 Å². The fraction of sp³-hybridized carbons (Fsp3) is 1.00. The van der Waals surface area contributed by atoms with E-state index in [4.69, 9.17) is 13.0 Å². The van der Waals surface area contributed by atoms with E-state index >= 15 is 0 Å². The maximum absolute atomic E-state index is 9.08. The summed E-state index contributed by atoms with van der Waals surface area (Å²) in [5.74, 6) is 0. The zero-order valence-corrected chi connectivity index (χ0v) is 7.67. The second-order valence-corrected chi connectivity index (χ2v) is 2.11. The molecule has 3 nitrogen and oxygen atoms in total. The Morgan fingerprint density at radius 1 is 1.43 bits per heavy atom. The Labute approximate surface area is 70.9 Å². The minimum absolute atomic E-state index is 0. The maximum Gasteiger partial charge on any atom is 1.00 e. The van der Waals surface area contributed by atoms with Gasteiger partial charge in [-0.25, -0.2) is 8.42 Å². The Hall–Kier alpha value is 1.20. The van der Waals surface area contributed by atoms with E-state index in [1.54, 1.807) is 0 Å². The van der Waals surface area contributed by atoms with Crippen molar-refractivity contribution in [3.05, 3.63) is 0 Å². The summed E-state index contributed by atoms with van der Waals surface area (Å²) in [6.45, 7) is 0. The normalized spacial score (nSPS) is 8.29. The monoisotopic (exact) mass is 154 g/mol. The zero-order valence-electron chi connectivity index (χ0n) is 4.04. The predicted molar refractivity (Wildman–Crippen MR) is 22.9 cm³/mol. The molecule has 0 unspecified atom stereocenters. The van der Waals surface area contributed by atoms with Crippen LogP contribution in [0.4, 0.5) is 0 Å². The Bertz CT molecular complexity index is 98.1. The molecule has 0 aliphatic carbocycles. The summed E-state index contributed by atoms with van der Waals surface area (Å²) in [5.41, 5.74) is 0. The second kappa shape index (κ2) is 5.34. The molecule has 0 aliphatic rings. The van der Waals surface area contributed by atoms with Gasteiger partial charge in [0.15, 0.2) is 0 Å². The molecule has 0 rings (SSSR count). The number of halogens is 1. The Balaban J connectivity index is -0.0000000800. The molecule has 0 saturated heterocycles. The molecule has 0 atom stereocenters. The molecule has 0 bridgehead atoms. The van der Waals surface area contributed by atoms with Gasteiger partial charge in [-0.3, -0.25) is 0 Å². The fourth-order valence-corrected chi connectivity index (χ4v) is 0. The number of hydrogen-bond acceptors (Lipinski definition) is 3. The summed E-state index contributed by atoms with van der Waals surface area (Å²) in [6, 6.07) is 0. The van der Waals surface area contributed by atoms with E-state index < -0.39 is 10.1 Å². The van der Waals surface area contributed by atoms with Gasteiger partial charge < -0.3 is 4.55 Å². The molecular formula is CH4ClNaO3S. The molecule has 6 heteroatoms. The molecule has 0 aromatic carbocycles. The fourth-order valence-electron chi connectivity index (χ4n) is 0. The number of rotatable bonds is 0. The standard InChI is InChI=1S/CH4O3S.ClH.Na/c1-5(2,3)4;;/h1H3,(H,2,3,4);1H;/q;;+1/p-1. The van der Waals surface area contributed by atoms with E-state index in [0.29, 0.717) is 6.26 Å². The summed E-state index contributed by atoms with van der Waals surface area (Å²) in [5, 5.41) is 0. The van der Waals surface area contributed by atoms with Crippen LogP contribution in [-0.4, -0.2) is 19.2 Å². The van der Waals surface area contributed by atoms with Crippen molar-refractivity contribution in [2.24, 2.45) is 0 Å². The summed E-state index contributed by atoms with van der Waals surface area (Å²) >= 11 is 0. The SMILES string of the molecule is CS(=O)(=O)[O-].Cl.[Na+]. The van der Waals surface area contributed by atoms with Crippen molar-refractivity contribution in [1.82, 2.24) is 0 Å². The first kappa shape index (κ1) is 15.7. The van der Waals surface area contributed by atoms with Crippen LogP contribution in [-0.2, 0) is 10.1 Å². The first-order valence-corrected chi connectivity index (χ1v) is 2.72. The van der Waals surface area contributed by atoms with Crippen LogP contribution in [0.25, 0.3) is 0 Å². The van der Waals surface area contributed by atoms with Gasteiger partial charge in [-0.1, -0.05) is 0 Å². The Kier molecular flexibility index (Phi) is 12.0. The van der Waals surface area contributed by atoms with E-state index in [-0.39, 0.29) is 42.0 Å².